The lowest BCUT2D eigenvalue weighted by molar-refractivity contribution is -0.121. The minimum Gasteiger partial charge on any atom is -0.369 e. The molecule has 3 rings (SSSR count). The Morgan fingerprint density at radius 3 is 2.29 bits per heavy atom. The van der Waals surface area contributed by atoms with Crippen LogP contribution < -0.4 is 15.5 Å². The molecule has 0 aliphatic carbocycles. The molecule has 0 radical (unpaired) electrons. The number of carbonyl (C=O) groups excluding carboxylic acids is 2. The Morgan fingerprint density at radius 2 is 1.57 bits per heavy atom. The maximum absolute atomic E-state index is 12.2. The van der Waals surface area contributed by atoms with E-state index in [1.165, 1.54) is 11.3 Å². The van der Waals surface area contributed by atoms with Crippen molar-refractivity contribution < 1.29 is 9.59 Å². The van der Waals surface area contributed by atoms with Gasteiger partial charge in [-0.2, -0.15) is 0 Å². The lowest BCUT2D eigenvalue weighted by Gasteiger charge is -2.36. The molecular formula is C22H28N4O2. The number of piperazine rings is 1. The predicted molar refractivity (Wildman–Crippen MR) is 113 cm³/mol. The smallest absolute Gasteiger partial charge is 0.325 e. The van der Waals surface area contributed by atoms with Gasteiger partial charge in [0, 0.05) is 37.6 Å². The Labute approximate surface area is 166 Å². The van der Waals surface area contributed by atoms with Crippen LogP contribution in [0.2, 0.25) is 0 Å². The number of amides is 3. The van der Waals surface area contributed by atoms with Crippen LogP contribution in [0.15, 0.2) is 42.5 Å². The molecular weight excluding hydrogens is 352 g/mol. The summed E-state index contributed by atoms with van der Waals surface area (Å²) in [5.41, 5.74) is 5.32. The summed E-state index contributed by atoms with van der Waals surface area (Å²) in [7, 11) is 0. The first-order valence-electron chi connectivity index (χ1n) is 9.64. The molecule has 1 aliphatic rings. The Kier molecular flexibility index (Phi) is 6.31. The van der Waals surface area contributed by atoms with E-state index in [1.54, 1.807) is 0 Å². The molecule has 6 nitrogen and oxygen atoms in total. The van der Waals surface area contributed by atoms with Crippen molar-refractivity contribution in [3.63, 3.8) is 0 Å². The van der Waals surface area contributed by atoms with Crippen LogP contribution in [0.25, 0.3) is 0 Å². The van der Waals surface area contributed by atoms with Crippen molar-refractivity contribution >= 4 is 23.3 Å². The molecule has 1 aliphatic heterocycles. The van der Waals surface area contributed by atoms with E-state index in [-0.39, 0.29) is 12.5 Å². The normalized spacial score (nSPS) is 14.6. The molecule has 0 aromatic heterocycles. The van der Waals surface area contributed by atoms with Gasteiger partial charge < -0.3 is 10.2 Å². The zero-order valence-electron chi connectivity index (χ0n) is 16.8. The maximum atomic E-state index is 12.2. The Bertz CT molecular complexity index is 857. The van der Waals surface area contributed by atoms with Crippen LogP contribution in [0, 0.1) is 20.8 Å². The standard InChI is InChI=1S/C22H28N4O2/c1-16-8-6-9-19(18(16)3)23-22(28)24-21(27)15-25-11-13-26(14-12-25)20-10-5-4-7-17(20)2/h4-10H,11-15H2,1-3H3,(H2,23,24,27,28). The summed E-state index contributed by atoms with van der Waals surface area (Å²) in [5.74, 6) is -0.285. The number of rotatable bonds is 4. The van der Waals surface area contributed by atoms with Crippen molar-refractivity contribution in [2.75, 3.05) is 42.9 Å². The second-order valence-electron chi connectivity index (χ2n) is 7.30. The number of nitrogens with zero attached hydrogens (tertiary/aromatic N) is 2. The first-order chi connectivity index (χ1) is 13.4. The predicted octanol–water partition coefficient (Wildman–Crippen LogP) is 3.08. The molecule has 0 bridgehead atoms. The molecule has 0 atom stereocenters. The Morgan fingerprint density at radius 1 is 0.893 bits per heavy atom. The van der Waals surface area contributed by atoms with Gasteiger partial charge in [-0.05, 0) is 49.6 Å². The SMILES string of the molecule is Cc1ccccc1N1CCN(CC(=O)NC(=O)Nc2cccc(C)c2C)CC1. The highest BCUT2D eigenvalue weighted by Gasteiger charge is 2.21. The summed E-state index contributed by atoms with van der Waals surface area (Å²) < 4.78 is 0. The van der Waals surface area contributed by atoms with E-state index >= 15 is 0 Å². The van der Waals surface area contributed by atoms with Crippen molar-refractivity contribution in [1.29, 1.82) is 0 Å². The highest BCUT2D eigenvalue weighted by Crippen LogP contribution is 2.21. The van der Waals surface area contributed by atoms with Crippen LogP contribution in [0.4, 0.5) is 16.2 Å². The van der Waals surface area contributed by atoms with E-state index < -0.39 is 6.03 Å². The maximum Gasteiger partial charge on any atom is 0.325 e. The number of aryl methyl sites for hydroxylation is 2. The Hall–Kier alpha value is -2.86. The fourth-order valence-electron chi connectivity index (χ4n) is 3.47. The van der Waals surface area contributed by atoms with Gasteiger partial charge >= 0.3 is 6.03 Å². The number of hydrogen-bond donors (Lipinski definition) is 2. The van der Waals surface area contributed by atoms with Gasteiger partial charge in [-0.15, -0.1) is 0 Å². The first-order valence-corrected chi connectivity index (χ1v) is 9.64. The van der Waals surface area contributed by atoms with Gasteiger partial charge in [0.1, 0.15) is 0 Å². The molecule has 2 aromatic rings. The summed E-state index contributed by atoms with van der Waals surface area (Å²) in [4.78, 5) is 28.8. The zero-order chi connectivity index (χ0) is 20.1. The summed E-state index contributed by atoms with van der Waals surface area (Å²) in [6, 6.07) is 13.6. The van der Waals surface area contributed by atoms with E-state index in [0.717, 1.165) is 43.0 Å². The highest BCUT2D eigenvalue weighted by molar-refractivity contribution is 6.02. The molecule has 0 unspecified atom stereocenters. The number of benzene rings is 2. The lowest BCUT2D eigenvalue weighted by atomic mass is 10.1. The van der Waals surface area contributed by atoms with Crippen molar-refractivity contribution in [3.05, 3.63) is 59.2 Å². The van der Waals surface area contributed by atoms with Gasteiger partial charge in [0.15, 0.2) is 0 Å². The number of hydrogen-bond acceptors (Lipinski definition) is 4. The topological polar surface area (TPSA) is 64.7 Å². The van der Waals surface area contributed by atoms with Crippen molar-refractivity contribution in [1.82, 2.24) is 10.2 Å². The van der Waals surface area contributed by atoms with Crippen molar-refractivity contribution in [2.45, 2.75) is 20.8 Å². The summed E-state index contributed by atoms with van der Waals surface area (Å²) in [6.45, 7) is 9.59. The molecule has 148 valence electrons. The second kappa shape index (κ2) is 8.89. The van der Waals surface area contributed by atoms with E-state index in [2.05, 4.69) is 45.6 Å². The van der Waals surface area contributed by atoms with E-state index in [9.17, 15) is 9.59 Å². The summed E-state index contributed by atoms with van der Waals surface area (Å²) >= 11 is 0. The van der Waals surface area contributed by atoms with E-state index in [1.807, 2.05) is 38.1 Å². The van der Waals surface area contributed by atoms with Crippen molar-refractivity contribution in [3.8, 4) is 0 Å². The minimum atomic E-state index is -0.489. The molecule has 1 fully saturated rings. The number of anilines is 2. The van der Waals surface area contributed by atoms with Gasteiger partial charge in [-0.3, -0.25) is 15.0 Å². The number of nitrogens with one attached hydrogen (secondary N) is 2. The largest absolute Gasteiger partial charge is 0.369 e. The van der Waals surface area contributed by atoms with Gasteiger partial charge in [0.2, 0.25) is 5.91 Å². The number of carbonyl (C=O) groups is 2. The fourth-order valence-corrected chi connectivity index (χ4v) is 3.47. The van der Waals surface area contributed by atoms with Crippen LogP contribution in [0.3, 0.4) is 0 Å². The molecule has 28 heavy (non-hydrogen) atoms. The van der Waals surface area contributed by atoms with Crippen LogP contribution in [0.1, 0.15) is 16.7 Å². The van der Waals surface area contributed by atoms with Gasteiger partial charge in [-0.1, -0.05) is 30.3 Å². The van der Waals surface area contributed by atoms with E-state index in [0.29, 0.717) is 0 Å². The lowest BCUT2D eigenvalue weighted by Crippen LogP contribution is -2.50. The minimum absolute atomic E-state index is 0.224. The summed E-state index contributed by atoms with van der Waals surface area (Å²) in [6.07, 6.45) is 0. The van der Waals surface area contributed by atoms with E-state index in [4.69, 9.17) is 0 Å². The second-order valence-corrected chi connectivity index (χ2v) is 7.30. The van der Waals surface area contributed by atoms with Gasteiger partial charge in [-0.25, -0.2) is 4.79 Å². The number of para-hydroxylation sites is 1. The third-order valence-electron chi connectivity index (χ3n) is 5.30. The van der Waals surface area contributed by atoms with Gasteiger partial charge in [0.05, 0.1) is 6.54 Å². The molecule has 2 aromatic carbocycles. The Balaban J connectivity index is 1.46. The van der Waals surface area contributed by atoms with Gasteiger partial charge in [0.25, 0.3) is 0 Å². The molecule has 3 amide bonds. The van der Waals surface area contributed by atoms with Crippen LogP contribution in [-0.4, -0.2) is 49.6 Å². The highest BCUT2D eigenvalue weighted by atomic mass is 16.2. The zero-order valence-corrected chi connectivity index (χ0v) is 16.8. The number of urea groups is 1. The summed E-state index contributed by atoms with van der Waals surface area (Å²) in [5, 5.41) is 5.19. The molecule has 0 spiro atoms. The third-order valence-corrected chi connectivity index (χ3v) is 5.30. The third kappa shape index (κ3) is 4.89. The monoisotopic (exact) mass is 380 g/mol. The van der Waals surface area contributed by atoms with Crippen LogP contribution in [-0.2, 0) is 4.79 Å². The molecule has 1 saturated heterocycles. The fraction of sp³-hybridized carbons (Fsp3) is 0.364. The molecule has 0 saturated carbocycles. The number of imide groups is 1. The van der Waals surface area contributed by atoms with Crippen LogP contribution >= 0.6 is 0 Å². The average molecular weight is 380 g/mol. The molecule has 1 heterocycles. The molecule has 6 heteroatoms. The average Bonchev–Trinajstić information content (AvgIpc) is 2.66. The quantitative estimate of drug-likeness (QED) is 0.856. The van der Waals surface area contributed by atoms with Crippen molar-refractivity contribution in [2.24, 2.45) is 0 Å². The van der Waals surface area contributed by atoms with Crippen LogP contribution in [0.5, 0.6) is 0 Å². The molecule has 2 N–H and O–H groups in total. The first kappa shape index (κ1) is 19.9.